The van der Waals surface area contributed by atoms with Crippen molar-refractivity contribution in [1.82, 2.24) is 83.2 Å². The third-order valence-electron chi connectivity index (χ3n) is 15.2. The quantitative estimate of drug-likeness (QED) is 0.0395. The maximum atomic E-state index is 14.6. The Balaban J connectivity index is 1.49. The van der Waals surface area contributed by atoms with Crippen molar-refractivity contribution in [2.45, 2.75) is 220 Å². The molecule has 530 valence electrons. The van der Waals surface area contributed by atoms with E-state index in [1.54, 1.807) is 6.20 Å². The topological polar surface area (TPSA) is 470 Å². The van der Waals surface area contributed by atoms with Gasteiger partial charge < -0.3 is 53.2 Å². The van der Waals surface area contributed by atoms with Crippen LogP contribution in [0.4, 0.5) is 0 Å². The molecule has 2 aliphatic heterocycles. The van der Waals surface area contributed by atoms with Crippen LogP contribution < -0.4 is 53.2 Å². The first-order valence-corrected chi connectivity index (χ1v) is 32.6. The number of nitrogens with one attached hydrogen (secondary N) is 10. The van der Waals surface area contributed by atoms with E-state index in [0.29, 0.717) is 43.6 Å². The van der Waals surface area contributed by atoms with E-state index in [1.165, 1.54) is 82.4 Å². The molecule has 2 aromatic heterocycles. The SMILES string of the molecule is C=CN[C@H](Cc1cn(CC(C)=O)nn1)C(=O)NCCCC[C@H](NC(=O)[C@H](CC1=CC(C(C)=O)N=N1)NC(C)=O)C(=O)C[C@H](CCCCNC(=O)[C@H](CCCCNC(=O)[C@@H](Cc1cn(CC(C)=O)nn1)NC(C)=O)NC(=O)[C@H](CC1=CC(C(C)=O)N=N1)NC(C)=O)C(=O)NCCCC. The summed E-state index contributed by atoms with van der Waals surface area (Å²) < 4.78 is 2.68. The molecular weight excluding hydrogens is 1260 g/mol. The van der Waals surface area contributed by atoms with Crippen molar-refractivity contribution in [2.75, 3.05) is 26.2 Å². The minimum absolute atomic E-state index is 0.0147. The fourth-order valence-electron chi connectivity index (χ4n) is 10.3. The third kappa shape index (κ3) is 30.1. The minimum Gasteiger partial charge on any atom is -0.380 e. The molecule has 0 saturated heterocycles. The van der Waals surface area contributed by atoms with Gasteiger partial charge in [-0.3, -0.25) is 67.1 Å². The number of aromatic nitrogens is 6. The molecule has 4 heterocycles. The average Bonchev–Trinajstić information content (AvgIpc) is 2.00. The van der Waals surface area contributed by atoms with Gasteiger partial charge in [0.2, 0.25) is 53.2 Å². The van der Waals surface area contributed by atoms with Crippen LogP contribution in [0.5, 0.6) is 0 Å². The average molecular weight is 1360 g/mol. The van der Waals surface area contributed by atoms with E-state index in [4.69, 9.17) is 0 Å². The van der Waals surface area contributed by atoms with Crippen molar-refractivity contribution in [3.8, 4) is 0 Å². The van der Waals surface area contributed by atoms with Crippen LogP contribution in [0.3, 0.4) is 0 Å². The third-order valence-corrected chi connectivity index (χ3v) is 15.2. The molecule has 0 radical (unpaired) electrons. The number of Topliss-reactive ketones (excluding diaryl/α,β-unsaturated/α-hetero) is 5. The second-order valence-electron chi connectivity index (χ2n) is 24.1. The molecule has 2 aliphatic rings. The zero-order valence-electron chi connectivity index (χ0n) is 56.5. The molecule has 10 N–H and O–H groups in total. The number of hydrogen-bond donors (Lipinski definition) is 10. The second kappa shape index (κ2) is 41.8. The highest BCUT2D eigenvalue weighted by atomic mass is 16.2. The highest BCUT2D eigenvalue weighted by Crippen LogP contribution is 2.22. The van der Waals surface area contributed by atoms with Crippen LogP contribution in [0.25, 0.3) is 0 Å². The van der Waals surface area contributed by atoms with Gasteiger partial charge in [-0.1, -0.05) is 36.8 Å². The number of unbranched alkanes of at least 4 members (excludes halogenated alkanes) is 4. The fourth-order valence-corrected chi connectivity index (χ4v) is 10.3. The zero-order chi connectivity index (χ0) is 71.6. The van der Waals surface area contributed by atoms with Gasteiger partial charge in [-0.25, -0.2) is 9.36 Å². The number of amides is 9. The molecular formula is C63H94N20O14. The summed E-state index contributed by atoms with van der Waals surface area (Å²) in [6.07, 6.45) is 10.2. The minimum atomic E-state index is -1.25. The van der Waals surface area contributed by atoms with Crippen LogP contribution in [0.1, 0.15) is 157 Å². The van der Waals surface area contributed by atoms with Crippen LogP contribution in [0, 0.1) is 5.92 Å². The molecule has 0 aliphatic carbocycles. The largest absolute Gasteiger partial charge is 0.380 e. The van der Waals surface area contributed by atoms with Gasteiger partial charge in [0.05, 0.1) is 28.8 Å². The maximum Gasteiger partial charge on any atom is 0.243 e. The van der Waals surface area contributed by atoms with E-state index in [0.717, 1.165) is 6.42 Å². The van der Waals surface area contributed by atoms with E-state index in [9.17, 15) is 67.1 Å². The summed E-state index contributed by atoms with van der Waals surface area (Å²) in [5, 5.41) is 59.4. The summed E-state index contributed by atoms with van der Waals surface area (Å²) >= 11 is 0. The zero-order valence-corrected chi connectivity index (χ0v) is 56.5. The molecule has 0 spiro atoms. The number of carbonyl (C=O) groups is 14. The number of hydrogen-bond acceptors (Lipinski definition) is 23. The summed E-state index contributed by atoms with van der Waals surface area (Å²) in [7, 11) is 0. The van der Waals surface area contributed by atoms with Gasteiger partial charge in [0.15, 0.2) is 28.9 Å². The van der Waals surface area contributed by atoms with Crippen LogP contribution in [-0.2, 0) is 93.1 Å². The lowest BCUT2D eigenvalue weighted by atomic mass is 9.90. The molecule has 34 nitrogen and oxygen atoms in total. The normalized spacial score (nSPS) is 15.9. The highest BCUT2D eigenvalue weighted by Gasteiger charge is 2.33. The number of carbonyl (C=O) groups excluding carboxylic acids is 14. The lowest BCUT2D eigenvalue weighted by Crippen LogP contribution is -2.53. The van der Waals surface area contributed by atoms with E-state index < -0.39 is 113 Å². The summed E-state index contributed by atoms with van der Waals surface area (Å²) in [5.41, 5.74) is 1.33. The van der Waals surface area contributed by atoms with Crippen molar-refractivity contribution in [3.63, 3.8) is 0 Å². The van der Waals surface area contributed by atoms with E-state index in [1.807, 2.05) is 6.92 Å². The molecule has 0 fully saturated rings. The van der Waals surface area contributed by atoms with E-state index in [2.05, 4.69) is 101 Å². The first kappa shape index (κ1) is 79.5. The summed E-state index contributed by atoms with van der Waals surface area (Å²) in [4.78, 5) is 182. The highest BCUT2D eigenvalue weighted by molar-refractivity contribution is 5.95. The summed E-state index contributed by atoms with van der Waals surface area (Å²) in [6.45, 7) is 15.3. The van der Waals surface area contributed by atoms with Crippen molar-refractivity contribution < 1.29 is 67.1 Å². The molecule has 0 aromatic carbocycles. The van der Waals surface area contributed by atoms with Crippen LogP contribution >= 0.6 is 0 Å². The molecule has 2 unspecified atom stereocenters. The van der Waals surface area contributed by atoms with Gasteiger partial charge in [0, 0.05) is 97.4 Å². The van der Waals surface area contributed by atoms with Crippen LogP contribution in [0.2, 0.25) is 0 Å². The first-order chi connectivity index (χ1) is 46.1. The molecule has 4 rings (SSSR count). The second-order valence-corrected chi connectivity index (χ2v) is 24.1. The fraction of sp³-hybridized carbons (Fsp3) is 0.619. The lowest BCUT2D eigenvalue weighted by Gasteiger charge is -2.24. The number of rotatable bonds is 48. The van der Waals surface area contributed by atoms with Crippen LogP contribution in [-0.4, -0.2) is 187 Å². The van der Waals surface area contributed by atoms with Gasteiger partial charge in [-0.05, 0) is 104 Å². The van der Waals surface area contributed by atoms with Gasteiger partial charge in [-0.2, -0.15) is 20.5 Å². The first-order valence-electron chi connectivity index (χ1n) is 32.6. The Kier molecular flexibility index (Phi) is 34.3. The van der Waals surface area contributed by atoms with Gasteiger partial charge >= 0.3 is 0 Å². The molecule has 34 heteroatoms. The van der Waals surface area contributed by atoms with Gasteiger partial charge in [0.25, 0.3) is 0 Å². The molecule has 2 aromatic rings. The Hall–Kier alpha value is -9.92. The number of azo groups is 2. The summed E-state index contributed by atoms with van der Waals surface area (Å²) in [6, 6.07) is -8.46. The van der Waals surface area contributed by atoms with Crippen LogP contribution in [0.15, 0.2) is 69.2 Å². The van der Waals surface area contributed by atoms with Crippen molar-refractivity contribution in [2.24, 2.45) is 26.4 Å². The van der Waals surface area contributed by atoms with Crippen molar-refractivity contribution in [1.29, 1.82) is 0 Å². The molecule has 97 heavy (non-hydrogen) atoms. The van der Waals surface area contributed by atoms with Gasteiger partial charge in [0.1, 0.15) is 55.4 Å². The number of ketones is 5. The van der Waals surface area contributed by atoms with E-state index in [-0.39, 0.29) is 138 Å². The smallest absolute Gasteiger partial charge is 0.243 e. The Morgan fingerprint density at radius 3 is 1.28 bits per heavy atom. The predicted octanol–water partition coefficient (Wildman–Crippen LogP) is 0.164. The Morgan fingerprint density at radius 2 is 0.856 bits per heavy atom. The number of nitrogens with zero attached hydrogens (tertiary/aromatic N) is 10. The van der Waals surface area contributed by atoms with Crippen molar-refractivity contribution >= 4 is 82.1 Å². The Morgan fingerprint density at radius 1 is 0.464 bits per heavy atom. The standard InChI is InChI=1S/C63H94N20O14/c1-10-12-22-65-58(92)44(26-57(91)49(72-62(96)55(70-42(8)89)29-45-27-51(39(5)86)78-74-45)20-14-17-24-67-60(94)53(64-11-2)31-47-35-82(80-76-47)33-37(3)84)19-13-16-23-66-59(93)50(73-63(97)56(71-43(9)90)30-46-28-52(40(6)87)79-75-46)21-15-18-25-68-61(95)54(69-41(7)88)32-48-36-83(81-77-48)34-38(4)85/h11,27-28,35-36,44,49-56,64H,2,10,12-26,29-34H2,1,3-9H3,(H,65,92)(H,66,93)(H,67,94)(H,68,95)(H,69,88)(H,70,89)(H,71,90)(H,72,96)(H,73,97)/t44-,49-,50-,51?,52?,53+,54+,55-,56-/m0/s1. The Bertz CT molecular complexity index is 3260. The monoisotopic (exact) mass is 1350 g/mol. The van der Waals surface area contributed by atoms with E-state index >= 15 is 0 Å². The van der Waals surface area contributed by atoms with Gasteiger partial charge in [-0.15, -0.1) is 10.2 Å². The summed E-state index contributed by atoms with van der Waals surface area (Å²) in [5.74, 6) is -7.35. The van der Waals surface area contributed by atoms with Crippen molar-refractivity contribution in [3.05, 3.63) is 60.1 Å². The molecule has 0 saturated carbocycles. The predicted molar refractivity (Wildman–Crippen MR) is 348 cm³/mol. The molecule has 0 bridgehead atoms. The lowest BCUT2D eigenvalue weighted by molar-refractivity contribution is -0.133. The maximum absolute atomic E-state index is 14.6. The molecule has 9 atom stereocenters. The Labute approximate surface area is 562 Å². The molecule has 9 amide bonds.